The predicted molar refractivity (Wildman–Crippen MR) is 72.8 cm³/mol. The van der Waals surface area contributed by atoms with E-state index >= 15 is 0 Å². The van der Waals surface area contributed by atoms with E-state index in [4.69, 9.17) is 0 Å². The Hall–Kier alpha value is -2.63. The van der Waals surface area contributed by atoms with Crippen molar-refractivity contribution in [3.05, 3.63) is 64.4 Å². The molecule has 3 aromatic rings. The van der Waals surface area contributed by atoms with Gasteiger partial charge in [-0.2, -0.15) is 18.3 Å². The molecule has 1 N–H and O–H groups in total. The predicted octanol–water partition coefficient (Wildman–Crippen LogP) is 3.61. The Morgan fingerprint density at radius 3 is 2.33 bits per heavy atom. The third-order valence-corrected chi connectivity index (χ3v) is 3.17. The second-order valence-electron chi connectivity index (χ2n) is 4.49. The van der Waals surface area contributed by atoms with Gasteiger partial charge in [-0.3, -0.25) is 4.79 Å². The summed E-state index contributed by atoms with van der Waals surface area (Å²) in [7, 11) is 0. The highest BCUT2D eigenvalue weighted by atomic mass is 19.4. The van der Waals surface area contributed by atoms with Gasteiger partial charge in [-0.25, -0.2) is 5.10 Å². The van der Waals surface area contributed by atoms with Crippen LogP contribution in [0.4, 0.5) is 13.2 Å². The number of nitrogens with one attached hydrogen (secondary N) is 1. The molecule has 3 nitrogen and oxygen atoms in total. The van der Waals surface area contributed by atoms with Crippen molar-refractivity contribution in [3.63, 3.8) is 0 Å². The van der Waals surface area contributed by atoms with Crippen molar-refractivity contribution in [2.45, 2.75) is 6.18 Å². The number of fused-ring (bicyclic) bond motifs is 1. The molecule has 0 fully saturated rings. The maximum Gasteiger partial charge on any atom is 0.417 e. The second-order valence-corrected chi connectivity index (χ2v) is 4.49. The summed E-state index contributed by atoms with van der Waals surface area (Å²) in [5.74, 6) is 0. The molecular formula is C15H9F3N2O. The van der Waals surface area contributed by atoms with Gasteiger partial charge >= 0.3 is 6.18 Å². The monoisotopic (exact) mass is 290 g/mol. The van der Waals surface area contributed by atoms with Gasteiger partial charge in [0, 0.05) is 10.9 Å². The molecule has 0 spiro atoms. The Labute approximate surface area is 117 Å². The highest BCUT2D eigenvalue weighted by Gasteiger charge is 2.34. The fraction of sp³-hybridized carbons (Fsp3) is 0.0667. The smallest absolute Gasteiger partial charge is 0.267 e. The van der Waals surface area contributed by atoms with E-state index in [-0.39, 0.29) is 10.8 Å². The number of hydrogen-bond acceptors (Lipinski definition) is 2. The molecule has 0 radical (unpaired) electrons. The summed E-state index contributed by atoms with van der Waals surface area (Å²) >= 11 is 0. The van der Waals surface area contributed by atoms with E-state index in [1.54, 1.807) is 30.3 Å². The molecule has 6 heteroatoms. The number of H-pyrrole nitrogens is 1. The molecule has 0 unspecified atom stereocenters. The molecule has 0 aliphatic heterocycles. The third kappa shape index (κ3) is 2.29. The van der Waals surface area contributed by atoms with E-state index in [9.17, 15) is 18.0 Å². The van der Waals surface area contributed by atoms with Crippen molar-refractivity contribution in [2.75, 3.05) is 0 Å². The summed E-state index contributed by atoms with van der Waals surface area (Å²) in [6, 6.07) is 12.4. The van der Waals surface area contributed by atoms with Crippen LogP contribution in [0.5, 0.6) is 0 Å². The lowest BCUT2D eigenvalue weighted by atomic mass is 10.0. The lowest BCUT2D eigenvalue weighted by molar-refractivity contribution is -0.136. The van der Waals surface area contributed by atoms with E-state index < -0.39 is 17.3 Å². The molecule has 3 rings (SSSR count). The molecule has 0 aliphatic carbocycles. The van der Waals surface area contributed by atoms with Gasteiger partial charge in [-0.1, -0.05) is 42.5 Å². The minimum atomic E-state index is -4.60. The first-order valence-electron chi connectivity index (χ1n) is 6.12. The first kappa shape index (κ1) is 13.4. The van der Waals surface area contributed by atoms with Crippen molar-refractivity contribution in [1.29, 1.82) is 0 Å². The molecule has 0 amide bonds. The minimum Gasteiger partial charge on any atom is -0.267 e. The van der Waals surface area contributed by atoms with Crippen LogP contribution in [0.25, 0.3) is 22.0 Å². The SMILES string of the molecule is O=c1[nH]nc(-c2ccccc2)c2cccc(C(F)(F)F)c12. The number of nitrogens with zero attached hydrogens (tertiary/aromatic N) is 1. The van der Waals surface area contributed by atoms with Gasteiger partial charge < -0.3 is 0 Å². The largest absolute Gasteiger partial charge is 0.417 e. The third-order valence-electron chi connectivity index (χ3n) is 3.17. The Balaban J connectivity index is 2.42. The lowest BCUT2D eigenvalue weighted by Gasteiger charge is -2.11. The number of halogens is 3. The number of hydrogen-bond donors (Lipinski definition) is 1. The van der Waals surface area contributed by atoms with Crippen molar-refractivity contribution in [2.24, 2.45) is 0 Å². The minimum absolute atomic E-state index is 0.180. The zero-order valence-electron chi connectivity index (χ0n) is 10.6. The van der Waals surface area contributed by atoms with Gasteiger partial charge in [0.15, 0.2) is 0 Å². The molecule has 21 heavy (non-hydrogen) atoms. The topological polar surface area (TPSA) is 45.8 Å². The Morgan fingerprint density at radius 2 is 1.67 bits per heavy atom. The number of aromatic nitrogens is 2. The van der Waals surface area contributed by atoms with Crippen LogP contribution in [0.2, 0.25) is 0 Å². The normalized spacial score (nSPS) is 11.8. The van der Waals surface area contributed by atoms with Crippen LogP contribution in [-0.4, -0.2) is 10.2 Å². The Morgan fingerprint density at radius 1 is 0.952 bits per heavy atom. The van der Waals surface area contributed by atoms with Crippen molar-refractivity contribution < 1.29 is 13.2 Å². The van der Waals surface area contributed by atoms with Gasteiger partial charge in [0.1, 0.15) is 0 Å². The number of alkyl halides is 3. The molecule has 106 valence electrons. The number of benzene rings is 2. The highest BCUT2D eigenvalue weighted by Crippen LogP contribution is 2.35. The Bertz CT molecular complexity index is 854. The summed E-state index contributed by atoms with van der Waals surface area (Å²) in [5, 5.41) is 5.83. The van der Waals surface area contributed by atoms with Gasteiger partial charge in [-0.05, 0) is 6.07 Å². The Kier molecular flexibility index (Phi) is 3.01. The molecule has 0 atom stereocenters. The van der Waals surface area contributed by atoms with E-state index in [1.807, 2.05) is 0 Å². The molecule has 0 saturated heterocycles. The second kappa shape index (κ2) is 4.73. The average molecular weight is 290 g/mol. The van der Waals surface area contributed by atoms with Crippen LogP contribution < -0.4 is 5.56 Å². The van der Waals surface area contributed by atoms with Crippen LogP contribution in [0.15, 0.2) is 53.3 Å². The summed E-state index contributed by atoms with van der Waals surface area (Å²) in [4.78, 5) is 11.8. The molecular weight excluding hydrogens is 281 g/mol. The standard InChI is InChI=1S/C15H9F3N2O/c16-15(17,18)11-8-4-7-10-12(11)14(21)20-19-13(10)9-5-2-1-3-6-9/h1-8H,(H,20,21). The number of aromatic amines is 1. The van der Waals surface area contributed by atoms with Crippen molar-refractivity contribution in [1.82, 2.24) is 10.2 Å². The molecule has 2 aromatic carbocycles. The van der Waals surface area contributed by atoms with Crippen LogP contribution >= 0.6 is 0 Å². The van der Waals surface area contributed by atoms with Crippen LogP contribution in [0.1, 0.15) is 5.56 Å². The maximum atomic E-state index is 13.1. The van der Waals surface area contributed by atoms with Crippen molar-refractivity contribution >= 4 is 10.8 Å². The van der Waals surface area contributed by atoms with E-state index in [0.29, 0.717) is 11.3 Å². The fourth-order valence-corrected chi connectivity index (χ4v) is 2.27. The summed E-state index contributed by atoms with van der Waals surface area (Å²) in [6.45, 7) is 0. The maximum absolute atomic E-state index is 13.1. The zero-order valence-corrected chi connectivity index (χ0v) is 10.6. The van der Waals surface area contributed by atoms with Crippen molar-refractivity contribution in [3.8, 4) is 11.3 Å². The quantitative estimate of drug-likeness (QED) is 0.744. The van der Waals surface area contributed by atoms with Crippen LogP contribution in [0, 0.1) is 0 Å². The zero-order chi connectivity index (χ0) is 15.0. The summed E-state index contributed by atoms with van der Waals surface area (Å²) < 4.78 is 39.2. The molecule has 1 heterocycles. The molecule has 0 aliphatic rings. The van der Waals surface area contributed by atoms with E-state index in [2.05, 4.69) is 10.2 Å². The lowest BCUT2D eigenvalue weighted by Crippen LogP contribution is -2.16. The molecule has 0 saturated carbocycles. The highest BCUT2D eigenvalue weighted by molar-refractivity contribution is 5.95. The molecule has 0 bridgehead atoms. The van der Waals surface area contributed by atoms with Crippen LogP contribution in [0.3, 0.4) is 0 Å². The fourth-order valence-electron chi connectivity index (χ4n) is 2.27. The molecule has 1 aromatic heterocycles. The number of rotatable bonds is 1. The van der Waals surface area contributed by atoms with Gasteiger partial charge in [-0.15, -0.1) is 0 Å². The van der Waals surface area contributed by atoms with Gasteiger partial charge in [0.05, 0.1) is 16.6 Å². The first-order valence-corrected chi connectivity index (χ1v) is 6.12. The van der Waals surface area contributed by atoms with E-state index in [0.717, 1.165) is 6.07 Å². The van der Waals surface area contributed by atoms with Gasteiger partial charge in [0.2, 0.25) is 0 Å². The summed E-state index contributed by atoms with van der Waals surface area (Å²) in [5.41, 5.74) is -0.854. The van der Waals surface area contributed by atoms with Gasteiger partial charge in [0.25, 0.3) is 5.56 Å². The van der Waals surface area contributed by atoms with Crippen LogP contribution in [-0.2, 0) is 6.18 Å². The summed E-state index contributed by atoms with van der Waals surface area (Å²) in [6.07, 6.45) is -4.60. The van der Waals surface area contributed by atoms with E-state index in [1.165, 1.54) is 12.1 Å². The average Bonchev–Trinajstić information content (AvgIpc) is 2.47. The first-order chi connectivity index (χ1) is 9.98.